The standard InChI is InChI=1S/C15H16N4O4S/c1-10(20)17-12-4-6-13(7-5-12)19-24(22,23)14-8-2-11(3-9-14)15(21)18-16/h2-9,19H,16H2,1H3,(H,17,20)(H,18,21). The molecule has 2 aromatic carbocycles. The highest BCUT2D eigenvalue weighted by atomic mass is 32.2. The topological polar surface area (TPSA) is 130 Å². The third kappa shape index (κ3) is 4.31. The molecule has 24 heavy (non-hydrogen) atoms. The molecule has 0 aliphatic carbocycles. The quantitative estimate of drug-likeness (QED) is 0.364. The molecule has 0 heterocycles. The van der Waals surface area contributed by atoms with Crippen molar-refractivity contribution < 1.29 is 18.0 Å². The predicted molar refractivity (Wildman–Crippen MR) is 89.6 cm³/mol. The van der Waals surface area contributed by atoms with E-state index in [1.165, 1.54) is 43.3 Å². The monoisotopic (exact) mass is 348 g/mol. The van der Waals surface area contributed by atoms with E-state index in [0.717, 1.165) is 0 Å². The molecular weight excluding hydrogens is 332 g/mol. The highest BCUT2D eigenvalue weighted by molar-refractivity contribution is 7.92. The van der Waals surface area contributed by atoms with E-state index in [4.69, 9.17) is 5.84 Å². The Balaban J connectivity index is 2.15. The summed E-state index contributed by atoms with van der Waals surface area (Å²) < 4.78 is 27.0. The van der Waals surface area contributed by atoms with E-state index in [0.29, 0.717) is 11.4 Å². The molecule has 2 rings (SSSR count). The number of nitrogens with two attached hydrogens (primary N) is 1. The number of hydrogen-bond donors (Lipinski definition) is 4. The minimum Gasteiger partial charge on any atom is -0.326 e. The van der Waals surface area contributed by atoms with Gasteiger partial charge in [-0.3, -0.25) is 19.7 Å². The first-order valence-corrected chi connectivity index (χ1v) is 8.31. The average molecular weight is 348 g/mol. The van der Waals surface area contributed by atoms with Crippen LogP contribution in [0.2, 0.25) is 0 Å². The molecule has 5 N–H and O–H groups in total. The van der Waals surface area contributed by atoms with Gasteiger partial charge in [-0.25, -0.2) is 14.3 Å². The van der Waals surface area contributed by atoms with Crippen molar-refractivity contribution >= 4 is 33.2 Å². The van der Waals surface area contributed by atoms with Crippen LogP contribution in [0.3, 0.4) is 0 Å². The summed E-state index contributed by atoms with van der Waals surface area (Å²) in [4.78, 5) is 22.3. The van der Waals surface area contributed by atoms with Crippen LogP contribution in [0.5, 0.6) is 0 Å². The van der Waals surface area contributed by atoms with Crippen molar-refractivity contribution in [1.29, 1.82) is 0 Å². The van der Waals surface area contributed by atoms with Crippen LogP contribution in [0.4, 0.5) is 11.4 Å². The minimum atomic E-state index is -3.80. The van der Waals surface area contributed by atoms with Gasteiger partial charge in [0.05, 0.1) is 4.90 Å². The Bertz CT molecular complexity index is 846. The zero-order chi connectivity index (χ0) is 17.7. The van der Waals surface area contributed by atoms with E-state index >= 15 is 0 Å². The molecule has 0 aliphatic rings. The van der Waals surface area contributed by atoms with Gasteiger partial charge < -0.3 is 5.32 Å². The molecule has 0 aliphatic heterocycles. The van der Waals surface area contributed by atoms with Crippen molar-refractivity contribution in [2.45, 2.75) is 11.8 Å². The summed E-state index contributed by atoms with van der Waals surface area (Å²) in [6, 6.07) is 11.5. The predicted octanol–water partition coefficient (Wildman–Crippen LogP) is 1.05. The molecule has 0 atom stereocenters. The van der Waals surface area contributed by atoms with Crippen molar-refractivity contribution in [3.8, 4) is 0 Å². The molecular formula is C15H16N4O4S. The molecule has 2 aromatic rings. The molecule has 0 fully saturated rings. The van der Waals surface area contributed by atoms with Crippen LogP contribution < -0.4 is 21.3 Å². The first-order chi connectivity index (χ1) is 11.3. The fourth-order valence-electron chi connectivity index (χ4n) is 1.91. The van der Waals surface area contributed by atoms with Crippen LogP contribution in [0.1, 0.15) is 17.3 Å². The van der Waals surface area contributed by atoms with Gasteiger partial charge in [-0.05, 0) is 48.5 Å². The lowest BCUT2D eigenvalue weighted by Gasteiger charge is -2.09. The summed E-state index contributed by atoms with van der Waals surface area (Å²) in [6.45, 7) is 1.38. The van der Waals surface area contributed by atoms with E-state index in [9.17, 15) is 18.0 Å². The number of nitrogen functional groups attached to an aromatic ring is 1. The second-order valence-electron chi connectivity index (χ2n) is 4.86. The molecule has 0 bridgehead atoms. The van der Waals surface area contributed by atoms with E-state index in [1.54, 1.807) is 12.1 Å². The molecule has 126 valence electrons. The molecule has 0 radical (unpaired) electrons. The van der Waals surface area contributed by atoms with Crippen molar-refractivity contribution in [2.75, 3.05) is 10.0 Å². The highest BCUT2D eigenvalue weighted by Gasteiger charge is 2.15. The molecule has 2 amide bonds. The normalized spacial score (nSPS) is 10.8. The van der Waals surface area contributed by atoms with Crippen molar-refractivity contribution in [2.24, 2.45) is 5.84 Å². The Morgan fingerprint density at radius 1 is 0.917 bits per heavy atom. The number of nitrogens with one attached hydrogen (secondary N) is 3. The van der Waals surface area contributed by atoms with E-state index in [-0.39, 0.29) is 16.4 Å². The number of anilines is 2. The SMILES string of the molecule is CC(=O)Nc1ccc(NS(=O)(=O)c2ccc(C(=O)NN)cc2)cc1. The lowest BCUT2D eigenvalue weighted by atomic mass is 10.2. The zero-order valence-corrected chi connectivity index (χ0v) is 13.6. The average Bonchev–Trinajstić information content (AvgIpc) is 2.55. The third-order valence-corrected chi connectivity index (χ3v) is 4.41. The van der Waals surface area contributed by atoms with Gasteiger partial charge in [0.15, 0.2) is 0 Å². The number of sulfonamides is 1. The van der Waals surface area contributed by atoms with Crippen LogP contribution >= 0.6 is 0 Å². The summed E-state index contributed by atoms with van der Waals surface area (Å²) >= 11 is 0. The zero-order valence-electron chi connectivity index (χ0n) is 12.7. The van der Waals surface area contributed by atoms with Crippen LogP contribution in [0, 0.1) is 0 Å². The van der Waals surface area contributed by atoms with Crippen LogP contribution in [-0.4, -0.2) is 20.2 Å². The van der Waals surface area contributed by atoms with Gasteiger partial charge in [0, 0.05) is 23.9 Å². The highest BCUT2D eigenvalue weighted by Crippen LogP contribution is 2.19. The Morgan fingerprint density at radius 2 is 1.46 bits per heavy atom. The molecule has 9 heteroatoms. The van der Waals surface area contributed by atoms with Gasteiger partial charge in [-0.1, -0.05) is 0 Å². The molecule has 8 nitrogen and oxygen atoms in total. The van der Waals surface area contributed by atoms with E-state index in [2.05, 4.69) is 10.0 Å². The summed E-state index contributed by atoms with van der Waals surface area (Å²) in [7, 11) is -3.80. The second kappa shape index (κ2) is 7.11. The molecule has 0 saturated heterocycles. The number of hydrogen-bond acceptors (Lipinski definition) is 5. The minimum absolute atomic E-state index is 0.00186. The maximum Gasteiger partial charge on any atom is 0.265 e. The number of rotatable bonds is 5. The Kier molecular flexibility index (Phi) is 5.17. The maximum absolute atomic E-state index is 12.3. The van der Waals surface area contributed by atoms with Crippen molar-refractivity contribution in [3.63, 3.8) is 0 Å². The Hall–Kier alpha value is -2.91. The largest absolute Gasteiger partial charge is 0.326 e. The van der Waals surface area contributed by atoms with Gasteiger partial charge in [0.1, 0.15) is 0 Å². The van der Waals surface area contributed by atoms with Gasteiger partial charge in [-0.2, -0.15) is 0 Å². The van der Waals surface area contributed by atoms with Gasteiger partial charge in [-0.15, -0.1) is 0 Å². The first-order valence-electron chi connectivity index (χ1n) is 6.83. The lowest BCUT2D eigenvalue weighted by Crippen LogP contribution is -2.29. The number of benzene rings is 2. The maximum atomic E-state index is 12.3. The van der Waals surface area contributed by atoms with Crippen molar-refractivity contribution in [3.05, 3.63) is 54.1 Å². The smallest absolute Gasteiger partial charge is 0.265 e. The van der Waals surface area contributed by atoms with E-state index in [1.807, 2.05) is 5.43 Å². The van der Waals surface area contributed by atoms with Crippen LogP contribution in [-0.2, 0) is 14.8 Å². The van der Waals surface area contributed by atoms with Crippen molar-refractivity contribution in [1.82, 2.24) is 5.43 Å². The number of carbonyl (C=O) groups is 2. The van der Waals surface area contributed by atoms with Gasteiger partial charge in [0.2, 0.25) is 5.91 Å². The summed E-state index contributed by atoms with van der Waals surface area (Å²) in [5, 5.41) is 2.58. The molecule has 0 aromatic heterocycles. The van der Waals surface area contributed by atoms with Crippen LogP contribution in [0.15, 0.2) is 53.4 Å². The molecule has 0 unspecified atom stereocenters. The number of hydrazine groups is 1. The first kappa shape index (κ1) is 17.4. The van der Waals surface area contributed by atoms with Gasteiger partial charge in [0.25, 0.3) is 15.9 Å². The van der Waals surface area contributed by atoms with Crippen LogP contribution in [0.25, 0.3) is 0 Å². The van der Waals surface area contributed by atoms with E-state index < -0.39 is 15.9 Å². The summed E-state index contributed by atoms with van der Waals surface area (Å²) in [5.41, 5.74) is 3.11. The fraction of sp³-hybridized carbons (Fsp3) is 0.0667. The second-order valence-corrected chi connectivity index (χ2v) is 6.54. The number of amides is 2. The lowest BCUT2D eigenvalue weighted by molar-refractivity contribution is -0.114. The number of carbonyl (C=O) groups excluding carboxylic acids is 2. The van der Waals surface area contributed by atoms with Gasteiger partial charge >= 0.3 is 0 Å². The fourth-order valence-corrected chi connectivity index (χ4v) is 2.97. The molecule has 0 saturated carbocycles. The Morgan fingerprint density at radius 3 is 1.96 bits per heavy atom. The Labute approximate surface area is 139 Å². The summed E-state index contributed by atoms with van der Waals surface area (Å²) in [6.07, 6.45) is 0. The summed E-state index contributed by atoms with van der Waals surface area (Å²) in [5.74, 6) is 4.28. The molecule has 0 spiro atoms. The third-order valence-electron chi connectivity index (χ3n) is 3.02.